The maximum Gasteiger partial charge on any atom is 0.0643 e. The summed E-state index contributed by atoms with van der Waals surface area (Å²) in [5.41, 5.74) is 2.46. The van der Waals surface area contributed by atoms with Crippen LogP contribution in [-0.4, -0.2) is 43.7 Å². The van der Waals surface area contributed by atoms with Gasteiger partial charge < -0.3 is 4.98 Å². The van der Waals surface area contributed by atoms with E-state index in [1.54, 1.807) is 6.26 Å². The number of fused-ring (bicyclic) bond motifs is 1. The number of nitrogens with zero attached hydrogens (tertiary/aromatic N) is 2. The lowest BCUT2D eigenvalue weighted by atomic mass is 9.90. The molecule has 3 heterocycles. The molecule has 2 aromatic heterocycles. The Morgan fingerprint density at radius 3 is 2.89 bits per heavy atom. The Morgan fingerprint density at radius 2 is 2.21 bits per heavy atom. The van der Waals surface area contributed by atoms with Gasteiger partial charge in [0.1, 0.15) is 0 Å². The third-order valence-corrected chi connectivity index (χ3v) is 5.41. The van der Waals surface area contributed by atoms with Crippen LogP contribution in [0.4, 0.5) is 0 Å². The van der Waals surface area contributed by atoms with E-state index < -0.39 is 9.71 Å². The van der Waals surface area contributed by atoms with Crippen molar-refractivity contribution in [2.45, 2.75) is 18.8 Å². The zero-order valence-electron chi connectivity index (χ0n) is 11.1. The molecular formula is C14H19N3OS. The summed E-state index contributed by atoms with van der Waals surface area (Å²) in [6.07, 6.45) is 9.60. The normalized spacial score (nSPS) is 21.5. The van der Waals surface area contributed by atoms with Crippen molar-refractivity contribution in [1.82, 2.24) is 14.3 Å². The van der Waals surface area contributed by atoms with E-state index in [4.69, 9.17) is 0 Å². The first-order valence-electron chi connectivity index (χ1n) is 6.54. The van der Waals surface area contributed by atoms with E-state index in [1.165, 1.54) is 10.9 Å². The first-order chi connectivity index (χ1) is 9.05. The number of H-pyrrole nitrogens is 1. The van der Waals surface area contributed by atoms with Gasteiger partial charge in [0.25, 0.3) is 0 Å². The molecule has 0 radical (unpaired) electrons. The number of rotatable bonds is 2. The van der Waals surface area contributed by atoms with Crippen molar-refractivity contribution in [2.75, 3.05) is 19.3 Å². The van der Waals surface area contributed by atoms with Gasteiger partial charge in [0.05, 0.1) is 11.7 Å². The highest BCUT2D eigenvalue weighted by atomic mass is 32.2. The van der Waals surface area contributed by atoms with E-state index >= 15 is 0 Å². The van der Waals surface area contributed by atoms with Gasteiger partial charge >= 0.3 is 0 Å². The maximum absolute atomic E-state index is 11.9. The molecule has 5 heteroatoms. The molecule has 102 valence electrons. The van der Waals surface area contributed by atoms with Crippen molar-refractivity contribution in [3.05, 3.63) is 30.2 Å². The van der Waals surface area contributed by atoms with E-state index in [2.05, 4.69) is 28.1 Å². The SMILES string of the molecule is C=S(C)(=O)N1CCC(c2c[nH]c3cnccc23)CC1. The first-order valence-corrected chi connectivity index (χ1v) is 8.63. The fraction of sp³-hybridized carbons (Fsp3) is 0.429. The highest BCUT2D eigenvalue weighted by Crippen LogP contribution is 2.33. The van der Waals surface area contributed by atoms with Crippen LogP contribution in [0.15, 0.2) is 24.7 Å². The zero-order valence-corrected chi connectivity index (χ0v) is 11.9. The third-order valence-electron chi connectivity index (χ3n) is 3.96. The van der Waals surface area contributed by atoms with Gasteiger partial charge in [-0.05, 0) is 36.3 Å². The number of nitrogens with one attached hydrogen (secondary N) is 1. The van der Waals surface area contributed by atoms with E-state index in [0.717, 1.165) is 31.4 Å². The number of hydrogen-bond donors (Lipinski definition) is 1. The van der Waals surface area contributed by atoms with Crippen LogP contribution < -0.4 is 0 Å². The van der Waals surface area contributed by atoms with E-state index in [-0.39, 0.29) is 0 Å². The molecule has 0 aliphatic carbocycles. The lowest BCUT2D eigenvalue weighted by Gasteiger charge is -2.32. The Labute approximate surface area is 114 Å². The molecule has 0 saturated carbocycles. The molecule has 0 amide bonds. The molecule has 1 atom stereocenters. The standard InChI is InChI=1S/C14H19N3OS/c1-19(2,18)17-7-4-11(5-8-17)13-9-16-14-10-15-6-3-12(13)14/h3,6,9-11,16H,1,4-5,7-8H2,2H3. The average molecular weight is 277 g/mol. The van der Waals surface area contributed by atoms with Crippen LogP contribution >= 0.6 is 0 Å². The largest absolute Gasteiger partial charge is 0.360 e. The van der Waals surface area contributed by atoms with Crippen molar-refractivity contribution >= 4 is 26.5 Å². The molecule has 1 aliphatic heterocycles. The summed E-state index contributed by atoms with van der Waals surface area (Å²) < 4.78 is 14.0. The van der Waals surface area contributed by atoms with Crippen LogP contribution in [0.1, 0.15) is 24.3 Å². The number of piperidine rings is 1. The summed E-state index contributed by atoms with van der Waals surface area (Å²) in [7, 11) is -2.05. The fourth-order valence-corrected chi connectivity index (χ4v) is 3.87. The van der Waals surface area contributed by atoms with Crippen LogP contribution in [0.25, 0.3) is 10.9 Å². The van der Waals surface area contributed by atoms with Gasteiger partial charge in [-0.25, -0.2) is 4.31 Å². The molecule has 1 saturated heterocycles. The number of aromatic nitrogens is 2. The van der Waals surface area contributed by atoms with E-state index in [1.807, 2.05) is 16.7 Å². The molecule has 3 rings (SSSR count). The first kappa shape index (κ1) is 12.7. The Morgan fingerprint density at radius 1 is 1.47 bits per heavy atom. The fourth-order valence-electron chi connectivity index (χ4n) is 2.89. The van der Waals surface area contributed by atoms with Gasteiger partial charge in [-0.15, -0.1) is 0 Å². The molecule has 0 bridgehead atoms. The highest BCUT2D eigenvalue weighted by molar-refractivity contribution is 7.97. The van der Waals surface area contributed by atoms with Crippen molar-refractivity contribution in [3.8, 4) is 0 Å². The lowest BCUT2D eigenvalue weighted by Crippen LogP contribution is -2.36. The molecular weight excluding hydrogens is 258 g/mol. The average Bonchev–Trinajstić information content (AvgIpc) is 2.82. The minimum atomic E-state index is -2.05. The minimum Gasteiger partial charge on any atom is -0.360 e. The summed E-state index contributed by atoms with van der Waals surface area (Å²) in [4.78, 5) is 7.41. The van der Waals surface area contributed by atoms with Crippen molar-refractivity contribution in [2.24, 2.45) is 0 Å². The Kier molecular flexibility index (Phi) is 3.11. The van der Waals surface area contributed by atoms with Gasteiger partial charge in [0.2, 0.25) is 0 Å². The molecule has 1 unspecified atom stereocenters. The summed E-state index contributed by atoms with van der Waals surface area (Å²) in [6, 6.07) is 2.07. The van der Waals surface area contributed by atoms with Gasteiger partial charge in [0, 0.05) is 46.8 Å². The van der Waals surface area contributed by atoms with Crippen molar-refractivity contribution in [3.63, 3.8) is 0 Å². The molecule has 4 nitrogen and oxygen atoms in total. The Balaban J connectivity index is 1.82. The van der Waals surface area contributed by atoms with Gasteiger partial charge in [-0.1, -0.05) is 0 Å². The predicted octanol–water partition coefficient (Wildman–Crippen LogP) is 2.00. The van der Waals surface area contributed by atoms with Crippen LogP contribution in [0, 0.1) is 0 Å². The number of aromatic amines is 1. The smallest absolute Gasteiger partial charge is 0.0643 e. The van der Waals surface area contributed by atoms with E-state index in [9.17, 15) is 4.21 Å². The molecule has 1 fully saturated rings. The van der Waals surface area contributed by atoms with Crippen LogP contribution in [-0.2, 0) is 9.71 Å². The molecule has 19 heavy (non-hydrogen) atoms. The molecule has 2 aromatic rings. The second kappa shape index (κ2) is 4.65. The van der Waals surface area contributed by atoms with Crippen molar-refractivity contribution in [1.29, 1.82) is 0 Å². The van der Waals surface area contributed by atoms with Crippen LogP contribution in [0.3, 0.4) is 0 Å². The Bertz CT molecular complexity index is 682. The topological polar surface area (TPSA) is 49.0 Å². The molecule has 0 spiro atoms. The van der Waals surface area contributed by atoms with Gasteiger partial charge in [-0.2, -0.15) is 0 Å². The van der Waals surface area contributed by atoms with Gasteiger partial charge in [0.15, 0.2) is 0 Å². The summed E-state index contributed by atoms with van der Waals surface area (Å²) in [5, 5.41) is 1.26. The monoisotopic (exact) mass is 277 g/mol. The predicted molar refractivity (Wildman–Crippen MR) is 80.8 cm³/mol. The number of hydrogen-bond acceptors (Lipinski definition) is 2. The van der Waals surface area contributed by atoms with Crippen molar-refractivity contribution < 1.29 is 4.21 Å². The van der Waals surface area contributed by atoms with Crippen LogP contribution in [0.5, 0.6) is 0 Å². The van der Waals surface area contributed by atoms with Gasteiger partial charge in [-0.3, -0.25) is 9.19 Å². The number of pyridine rings is 1. The molecule has 1 aliphatic rings. The van der Waals surface area contributed by atoms with E-state index in [0.29, 0.717) is 5.92 Å². The van der Waals surface area contributed by atoms with Crippen LogP contribution in [0.2, 0.25) is 0 Å². The highest BCUT2D eigenvalue weighted by Gasteiger charge is 2.24. The summed E-state index contributed by atoms with van der Waals surface area (Å²) >= 11 is 0. The summed E-state index contributed by atoms with van der Waals surface area (Å²) in [5.74, 6) is 4.31. The Hall–Kier alpha value is -1.33. The lowest BCUT2D eigenvalue weighted by molar-refractivity contribution is 0.335. The second-order valence-corrected chi connectivity index (χ2v) is 7.76. The molecule has 1 N–H and O–H groups in total. The quantitative estimate of drug-likeness (QED) is 0.854. The minimum absolute atomic E-state index is 0.536. The third kappa shape index (κ3) is 2.40. The summed E-state index contributed by atoms with van der Waals surface area (Å²) in [6.45, 7) is 1.72. The zero-order chi connectivity index (χ0) is 13.5. The second-order valence-electron chi connectivity index (χ2n) is 5.33. The molecule has 0 aromatic carbocycles. The maximum atomic E-state index is 11.9.